The van der Waals surface area contributed by atoms with Gasteiger partial charge in [-0.15, -0.1) is 11.3 Å². The molecule has 4 nitrogen and oxygen atoms in total. The summed E-state index contributed by atoms with van der Waals surface area (Å²) < 4.78 is 1.84. The van der Waals surface area contributed by atoms with Gasteiger partial charge in [0.15, 0.2) is 5.16 Å². The van der Waals surface area contributed by atoms with Crippen molar-refractivity contribution in [3.05, 3.63) is 56.7 Å². The van der Waals surface area contributed by atoms with E-state index in [9.17, 15) is 4.79 Å². The second-order valence-electron chi connectivity index (χ2n) is 7.38. The van der Waals surface area contributed by atoms with E-state index in [1.165, 1.54) is 27.8 Å². The summed E-state index contributed by atoms with van der Waals surface area (Å²) in [6, 6.07) is 12.4. The van der Waals surface area contributed by atoms with Crippen LogP contribution in [-0.4, -0.2) is 15.3 Å². The third-order valence-corrected chi connectivity index (χ3v) is 7.42. The van der Waals surface area contributed by atoms with Crippen molar-refractivity contribution in [1.82, 2.24) is 9.55 Å². The number of benzene rings is 1. The smallest absolute Gasteiger partial charge is 0.263 e. The van der Waals surface area contributed by atoms with E-state index in [0.717, 1.165) is 41.1 Å². The Labute approximate surface area is 173 Å². The Balaban J connectivity index is 1.75. The first-order chi connectivity index (χ1) is 13.7. The summed E-state index contributed by atoms with van der Waals surface area (Å²) >= 11 is 3.21. The maximum Gasteiger partial charge on any atom is 0.263 e. The summed E-state index contributed by atoms with van der Waals surface area (Å²) in [4.78, 5) is 20.6. The van der Waals surface area contributed by atoms with Crippen LogP contribution in [0.3, 0.4) is 0 Å². The van der Waals surface area contributed by atoms with Gasteiger partial charge in [0.2, 0.25) is 0 Å². The van der Waals surface area contributed by atoms with Crippen molar-refractivity contribution in [2.45, 2.75) is 50.7 Å². The first kappa shape index (κ1) is 19.2. The van der Waals surface area contributed by atoms with Crippen LogP contribution in [0.1, 0.15) is 35.8 Å². The SMILES string of the molecule is C[C@@H]1CCc2c(sc3nc(SCCC#N)n(CCc4ccccc4)c(=O)c23)C1. The molecule has 0 bridgehead atoms. The van der Waals surface area contributed by atoms with Gasteiger partial charge in [-0.05, 0) is 42.7 Å². The normalized spacial score (nSPS) is 16.1. The second-order valence-corrected chi connectivity index (χ2v) is 9.52. The number of rotatable bonds is 6. The van der Waals surface area contributed by atoms with E-state index >= 15 is 0 Å². The molecule has 3 aromatic rings. The molecule has 28 heavy (non-hydrogen) atoms. The lowest BCUT2D eigenvalue weighted by molar-refractivity contribution is 0.508. The lowest BCUT2D eigenvalue weighted by atomic mass is 9.89. The van der Waals surface area contributed by atoms with Crippen molar-refractivity contribution in [3.63, 3.8) is 0 Å². The van der Waals surface area contributed by atoms with Gasteiger partial charge in [-0.2, -0.15) is 5.26 Å². The highest BCUT2D eigenvalue weighted by atomic mass is 32.2. The van der Waals surface area contributed by atoms with Crippen molar-refractivity contribution >= 4 is 33.3 Å². The van der Waals surface area contributed by atoms with Crippen LogP contribution in [0.15, 0.2) is 40.3 Å². The lowest BCUT2D eigenvalue weighted by Crippen LogP contribution is -2.25. The van der Waals surface area contributed by atoms with E-state index in [1.54, 1.807) is 11.3 Å². The molecule has 0 fully saturated rings. The van der Waals surface area contributed by atoms with E-state index in [4.69, 9.17) is 10.2 Å². The zero-order chi connectivity index (χ0) is 19.5. The van der Waals surface area contributed by atoms with Gasteiger partial charge in [-0.3, -0.25) is 9.36 Å². The van der Waals surface area contributed by atoms with Gasteiger partial charge in [0.05, 0.1) is 11.5 Å². The van der Waals surface area contributed by atoms with Gasteiger partial charge < -0.3 is 0 Å². The fraction of sp³-hybridized carbons (Fsp3) is 0.409. The van der Waals surface area contributed by atoms with Gasteiger partial charge in [-0.25, -0.2) is 4.98 Å². The van der Waals surface area contributed by atoms with Crippen LogP contribution >= 0.6 is 23.1 Å². The Bertz CT molecular complexity index is 1080. The van der Waals surface area contributed by atoms with E-state index in [-0.39, 0.29) is 5.56 Å². The average molecular weight is 410 g/mol. The molecule has 0 amide bonds. The van der Waals surface area contributed by atoms with Crippen molar-refractivity contribution < 1.29 is 0 Å². The fourth-order valence-electron chi connectivity index (χ4n) is 3.79. The first-order valence-electron chi connectivity index (χ1n) is 9.76. The highest BCUT2D eigenvalue weighted by molar-refractivity contribution is 7.99. The van der Waals surface area contributed by atoms with E-state index in [0.29, 0.717) is 24.6 Å². The topological polar surface area (TPSA) is 58.7 Å². The van der Waals surface area contributed by atoms with Crippen LogP contribution in [0, 0.1) is 17.2 Å². The first-order valence-corrected chi connectivity index (χ1v) is 11.6. The molecule has 0 saturated carbocycles. The molecule has 0 radical (unpaired) electrons. The number of aryl methyl sites for hydroxylation is 2. The van der Waals surface area contributed by atoms with Gasteiger partial charge in [0.1, 0.15) is 4.83 Å². The number of hydrogen-bond acceptors (Lipinski definition) is 5. The predicted octanol–water partition coefficient (Wildman–Crippen LogP) is 4.83. The molecule has 0 aliphatic heterocycles. The third kappa shape index (κ3) is 3.87. The number of fused-ring (bicyclic) bond motifs is 3. The lowest BCUT2D eigenvalue weighted by Gasteiger charge is -2.17. The molecular weight excluding hydrogens is 386 g/mol. The molecule has 0 N–H and O–H groups in total. The second kappa shape index (κ2) is 8.50. The van der Waals surface area contributed by atoms with Gasteiger partial charge >= 0.3 is 0 Å². The van der Waals surface area contributed by atoms with E-state index in [2.05, 4.69) is 25.1 Å². The molecule has 1 aromatic carbocycles. The number of thiophene rings is 1. The van der Waals surface area contributed by atoms with E-state index < -0.39 is 0 Å². The molecule has 1 aliphatic carbocycles. The Kier molecular flexibility index (Phi) is 5.84. The molecule has 4 rings (SSSR count). The number of aromatic nitrogens is 2. The molecule has 2 heterocycles. The molecule has 0 unspecified atom stereocenters. The minimum Gasteiger partial charge on any atom is -0.287 e. The van der Waals surface area contributed by atoms with Crippen LogP contribution in [0.25, 0.3) is 10.2 Å². The Morgan fingerprint density at radius 2 is 2.18 bits per heavy atom. The molecular formula is C22H23N3OS2. The van der Waals surface area contributed by atoms with Gasteiger partial charge in [-0.1, -0.05) is 49.0 Å². The quantitative estimate of drug-likeness (QED) is 0.332. The van der Waals surface area contributed by atoms with Crippen LogP contribution in [0.5, 0.6) is 0 Å². The molecule has 1 aliphatic rings. The summed E-state index contributed by atoms with van der Waals surface area (Å²) in [7, 11) is 0. The fourth-order valence-corrected chi connectivity index (χ4v) is 6.08. The van der Waals surface area contributed by atoms with Crippen LogP contribution < -0.4 is 5.56 Å². The Hall–Kier alpha value is -2.10. The summed E-state index contributed by atoms with van der Waals surface area (Å²) in [6.45, 7) is 2.89. The average Bonchev–Trinajstić information content (AvgIpc) is 3.06. The maximum absolute atomic E-state index is 13.5. The molecule has 0 spiro atoms. The highest BCUT2D eigenvalue weighted by Crippen LogP contribution is 2.36. The highest BCUT2D eigenvalue weighted by Gasteiger charge is 2.24. The Morgan fingerprint density at radius 3 is 2.96 bits per heavy atom. The van der Waals surface area contributed by atoms with E-state index in [1.807, 2.05) is 22.8 Å². The number of nitrogens with zero attached hydrogens (tertiary/aromatic N) is 3. The maximum atomic E-state index is 13.5. The van der Waals surface area contributed by atoms with Crippen molar-refractivity contribution in [2.75, 3.05) is 5.75 Å². The van der Waals surface area contributed by atoms with Crippen molar-refractivity contribution in [2.24, 2.45) is 5.92 Å². The monoisotopic (exact) mass is 409 g/mol. The largest absolute Gasteiger partial charge is 0.287 e. The number of nitriles is 1. The summed E-state index contributed by atoms with van der Waals surface area (Å²) in [6.07, 6.45) is 4.42. The molecule has 1 atom stereocenters. The third-order valence-electron chi connectivity index (χ3n) is 5.29. The molecule has 6 heteroatoms. The molecule has 0 saturated heterocycles. The summed E-state index contributed by atoms with van der Waals surface area (Å²) in [5.74, 6) is 1.33. The predicted molar refractivity (Wildman–Crippen MR) is 116 cm³/mol. The molecule has 144 valence electrons. The van der Waals surface area contributed by atoms with Crippen molar-refractivity contribution in [3.8, 4) is 6.07 Å². The minimum absolute atomic E-state index is 0.0902. The Morgan fingerprint density at radius 1 is 1.36 bits per heavy atom. The van der Waals surface area contributed by atoms with Gasteiger partial charge in [0.25, 0.3) is 5.56 Å². The number of hydrogen-bond donors (Lipinski definition) is 0. The van der Waals surface area contributed by atoms with Crippen LogP contribution in [-0.2, 0) is 25.8 Å². The summed E-state index contributed by atoms with van der Waals surface area (Å²) in [5.41, 5.74) is 2.54. The standard InChI is InChI=1S/C22H23N3OS2/c1-15-8-9-17-18(14-15)28-20-19(17)21(26)25(22(24-20)27-13-5-11-23)12-10-16-6-3-2-4-7-16/h2-4,6-7,15H,5,8-10,12-14H2,1H3/t15-/m1/s1. The summed E-state index contributed by atoms with van der Waals surface area (Å²) in [5, 5.41) is 10.5. The number of thioether (sulfide) groups is 1. The van der Waals surface area contributed by atoms with Gasteiger partial charge in [0, 0.05) is 23.6 Å². The minimum atomic E-state index is 0.0902. The zero-order valence-electron chi connectivity index (χ0n) is 16.0. The zero-order valence-corrected chi connectivity index (χ0v) is 17.6. The van der Waals surface area contributed by atoms with Crippen molar-refractivity contribution in [1.29, 1.82) is 5.26 Å². The molecule has 2 aromatic heterocycles. The van der Waals surface area contributed by atoms with Crippen LogP contribution in [0.2, 0.25) is 0 Å². The van der Waals surface area contributed by atoms with Crippen LogP contribution in [0.4, 0.5) is 0 Å².